The number of fused-ring (bicyclic) bond motifs is 1. The molecular weight excluding hydrogens is 316 g/mol. The normalized spacial score (nSPS) is 14.5. The maximum absolute atomic E-state index is 12.3. The Morgan fingerprint density at radius 2 is 2.22 bits per heavy atom. The van der Waals surface area contributed by atoms with Crippen LogP contribution < -0.4 is 9.46 Å². The van der Waals surface area contributed by atoms with Gasteiger partial charge in [0.05, 0.1) is 25.0 Å². The Morgan fingerprint density at radius 1 is 1.35 bits per heavy atom. The van der Waals surface area contributed by atoms with Crippen LogP contribution in [0.1, 0.15) is 31.3 Å². The molecular formula is C15H20N4O3S. The van der Waals surface area contributed by atoms with Crippen LogP contribution in [0.25, 0.3) is 0 Å². The molecule has 0 aliphatic carbocycles. The first-order valence-electron chi connectivity index (χ1n) is 7.72. The second-order valence-electron chi connectivity index (χ2n) is 5.39. The van der Waals surface area contributed by atoms with Crippen molar-refractivity contribution >= 4 is 10.0 Å². The van der Waals surface area contributed by atoms with Crippen LogP contribution in [0.3, 0.4) is 0 Å². The standard InChI is InChI=1S/C15H20N4O3S/c1-2-22-15-7-6-13(10-16-15)23(20,21)17-9-12-11-19-8-4-3-5-14(19)18-12/h6-7,10-11,17H,2-5,8-9H2,1H3. The van der Waals surface area contributed by atoms with Crippen LogP contribution >= 0.6 is 0 Å². The van der Waals surface area contributed by atoms with Crippen LogP contribution in [0.15, 0.2) is 29.4 Å². The van der Waals surface area contributed by atoms with Crippen molar-refractivity contribution in [2.45, 2.75) is 44.2 Å². The molecule has 0 saturated heterocycles. The van der Waals surface area contributed by atoms with Crippen molar-refractivity contribution < 1.29 is 13.2 Å². The van der Waals surface area contributed by atoms with Crippen LogP contribution in [0.2, 0.25) is 0 Å². The van der Waals surface area contributed by atoms with Gasteiger partial charge in [-0.3, -0.25) is 0 Å². The third kappa shape index (κ3) is 3.70. The monoisotopic (exact) mass is 336 g/mol. The number of rotatable bonds is 6. The van der Waals surface area contributed by atoms with Gasteiger partial charge in [-0.25, -0.2) is 23.1 Å². The van der Waals surface area contributed by atoms with Crippen molar-refractivity contribution in [1.29, 1.82) is 0 Å². The maximum atomic E-state index is 12.3. The number of pyridine rings is 1. The van der Waals surface area contributed by atoms with Gasteiger partial charge in [-0.05, 0) is 25.8 Å². The van der Waals surface area contributed by atoms with Gasteiger partial charge >= 0.3 is 0 Å². The zero-order valence-electron chi connectivity index (χ0n) is 13.0. The minimum absolute atomic E-state index is 0.116. The highest BCUT2D eigenvalue weighted by atomic mass is 32.2. The van der Waals surface area contributed by atoms with Gasteiger partial charge in [-0.15, -0.1) is 0 Å². The molecule has 7 nitrogen and oxygen atoms in total. The van der Waals surface area contributed by atoms with Crippen molar-refractivity contribution in [3.63, 3.8) is 0 Å². The average molecular weight is 336 g/mol. The Morgan fingerprint density at radius 3 is 2.91 bits per heavy atom. The summed E-state index contributed by atoms with van der Waals surface area (Å²) in [5, 5.41) is 0. The summed E-state index contributed by atoms with van der Waals surface area (Å²) in [5.41, 5.74) is 0.740. The van der Waals surface area contributed by atoms with E-state index < -0.39 is 10.0 Å². The summed E-state index contributed by atoms with van der Waals surface area (Å²) in [7, 11) is -3.61. The number of sulfonamides is 1. The Kier molecular flexibility index (Phi) is 4.63. The lowest BCUT2D eigenvalue weighted by Crippen LogP contribution is -2.23. The van der Waals surface area contributed by atoms with E-state index in [9.17, 15) is 8.42 Å². The molecule has 0 saturated carbocycles. The van der Waals surface area contributed by atoms with E-state index in [0.717, 1.165) is 37.3 Å². The summed E-state index contributed by atoms with van der Waals surface area (Å²) in [6, 6.07) is 3.03. The minimum Gasteiger partial charge on any atom is -0.478 e. The average Bonchev–Trinajstić information content (AvgIpc) is 2.97. The number of nitrogens with one attached hydrogen (secondary N) is 1. The maximum Gasteiger partial charge on any atom is 0.242 e. The fourth-order valence-electron chi connectivity index (χ4n) is 2.57. The molecule has 0 atom stereocenters. The molecule has 0 aromatic carbocycles. The Labute approximate surface area is 135 Å². The van der Waals surface area contributed by atoms with Crippen molar-refractivity contribution in [3.8, 4) is 5.88 Å². The fourth-order valence-corrected chi connectivity index (χ4v) is 3.51. The molecule has 0 fully saturated rings. The summed E-state index contributed by atoms with van der Waals surface area (Å²) >= 11 is 0. The van der Waals surface area contributed by atoms with E-state index in [1.165, 1.54) is 12.3 Å². The van der Waals surface area contributed by atoms with Gasteiger partial charge < -0.3 is 9.30 Å². The number of imidazole rings is 1. The minimum atomic E-state index is -3.61. The van der Waals surface area contributed by atoms with Gasteiger partial charge in [0.15, 0.2) is 0 Å². The van der Waals surface area contributed by atoms with Gasteiger partial charge in [-0.1, -0.05) is 0 Å². The molecule has 2 aromatic rings. The van der Waals surface area contributed by atoms with Crippen molar-refractivity contribution in [3.05, 3.63) is 36.0 Å². The molecule has 8 heteroatoms. The smallest absolute Gasteiger partial charge is 0.242 e. The SMILES string of the molecule is CCOc1ccc(S(=O)(=O)NCc2cn3c(n2)CCCC3)cn1. The summed E-state index contributed by atoms with van der Waals surface area (Å²) in [6.45, 7) is 3.47. The highest BCUT2D eigenvalue weighted by Gasteiger charge is 2.17. The lowest BCUT2D eigenvalue weighted by atomic mass is 10.2. The molecule has 23 heavy (non-hydrogen) atoms. The second kappa shape index (κ2) is 6.67. The van der Waals surface area contributed by atoms with Crippen molar-refractivity contribution in [2.24, 2.45) is 0 Å². The van der Waals surface area contributed by atoms with E-state index in [-0.39, 0.29) is 11.4 Å². The lowest BCUT2D eigenvalue weighted by molar-refractivity contribution is 0.326. The molecule has 0 amide bonds. The molecule has 1 N–H and O–H groups in total. The molecule has 124 valence electrons. The Hall–Kier alpha value is -1.93. The summed E-state index contributed by atoms with van der Waals surface area (Å²) in [6.07, 6.45) is 6.46. The van der Waals surface area contributed by atoms with Crippen LogP contribution in [0, 0.1) is 0 Å². The second-order valence-corrected chi connectivity index (χ2v) is 7.16. The summed E-state index contributed by atoms with van der Waals surface area (Å²) < 4.78 is 34.5. The summed E-state index contributed by atoms with van der Waals surface area (Å²) in [5.74, 6) is 1.45. The van der Waals surface area contributed by atoms with Gasteiger partial charge in [0.2, 0.25) is 15.9 Å². The highest BCUT2D eigenvalue weighted by Crippen LogP contribution is 2.16. The fraction of sp³-hybridized carbons (Fsp3) is 0.467. The van der Waals surface area contributed by atoms with E-state index >= 15 is 0 Å². The van der Waals surface area contributed by atoms with E-state index in [1.54, 1.807) is 6.07 Å². The molecule has 3 heterocycles. The quantitative estimate of drug-likeness (QED) is 0.864. The first-order chi connectivity index (χ1) is 11.1. The third-order valence-corrected chi connectivity index (χ3v) is 5.10. The molecule has 1 aliphatic rings. The molecule has 2 aromatic heterocycles. The number of nitrogens with zero attached hydrogens (tertiary/aromatic N) is 3. The topological polar surface area (TPSA) is 86.1 Å². The van der Waals surface area contributed by atoms with Gasteiger partial charge in [-0.2, -0.15) is 0 Å². The van der Waals surface area contributed by atoms with E-state index in [2.05, 4.69) is 19.3 Å². The predicted molar refractivity (Wildman–Crippen MR) is 84.6 cm³/mol. The van der Waals surface area contributed by atoms with Crippen LogP contribution in [-0.2, 0) is 29.5 Å². The van der Waals surface area contributed by atoms with E-state index in [1.807, 2.05) is 13.1 Å². The largest absolute Gasteiger partial charge is 0.478 e. The van der Waals surface area contributed by atoms with Gasteiger partial charge in [0, 0.05) is 25.2 Å². The first kappa shape index (κ1) is 15.9. The highest BCUT2D eigenvalue weighted by molar-refractivity contribution is 7.89. The molecule has 1 aliphatic heterocycles. The number of aryl methyl sites for hydroxylation is 2. The first-order valence-corrected chi connectivity index (χ1v) is 9.20. The predicted octanol–water partition coefficient (Wildman–Crippen LogP) is 1.49. The zero-order valence-corrected chi connectivity index (χ0v) is 13.8. The van der Waals surface area contributed by atoms with Crippen molar-refractivity contribution in [1.82, 2.24) is 19.3 Å². The Balaban J connectivity index is 1.67. The number of hydrogen-bond donors (Lipinski definition) is 1. The third-order valence-electron chi connectivity index (χ3n) is 3.71. The Bertz CT molecular complexity index is 745. The van der Waals surface area contributed by atoms with E-state index in [0.29, 0.717) is 12.5 Å². The summed E-state index contributed by atoms with van der Waals surface area (Å²) in [4.78, 5) is 8.58. The van der Waals surface area contributed by atoms with Crippen molar-refractivity contribution in [2.75, 3.05) is 6.61 Å². The number of aromatic nitrogens is 3. The van der Waals surface area contributed by atoms with Crippen LogP contribution in [0.5, 0.6) is 5.88 Å². The lowest BCUT2D eigenvalue weighted by Gasteiger charge is -2.11. The molecule has 0 spiro atoms. The van der Waals surface area contributed by atoms with E-state index in [4.69, 9.17) is 4.74 Å². The van der Waals surface area contributed by atoms with Crippen LogP contribution in [0.4, 0.5) is 0 Å². The van der Waals surface area contributed by atoms with Gasteiger partial charge in [0.1, 0.15) is 10.7 Å². The van der Waals surface area contributed by atoms with Gasteiger partial charge in [0.25, 0.3) is 0 Å². The zero-order chi connectivity index (χ0) is 16.3. The molecule has 0 bridgehead atoms. The van der Waals surface area contributed by atoms with Crippen LogP contribution in [-0.4, -0.2) is 29.6 Å². The molecule has 0 unspecified atom stereocenters. The number of ether oxygens (including phenoxy) is 1. The molecule has 0 radical (unpaired) electrons. The molecule has 3 rings (SSSR count). The number of hydrogen-bond acceptors (Lipinski definition) is 5.